The molecular weight excluding hydrogens is 344 g/mol. The number of aromatic nitrogens is 2. The van der Waals surface area contributed by atoms with Crippen LogP contribution < -0.4 is 15.8 Å². The zero-order valence-electron chi connectivity index (χ0n) is 13.1. The summed E-state index contributed by atoms with van der Waals surface area (Å²) in [5.74, 6) is 0.694. The Kier molecular flexibility index (Phi) is 3.95. The standard InChI is InChI=1S/C16H16N4O2S2/c1-9(20-5-4-17-12(21)7-20)14-18-15(22)13-10(8-24-16(13)19-14)11-3-2-6-23-11/h2-3,6,8-9H,4-5,7H2,1H3,(H,17,21)(H,18,19,22)/p+1/t9-/m1/s1. The summed E-state index contributed by atoms with van der Waals surface area (Å²) in [5, 5.41) is 7.48. The first-order chi connectivity index (χ1) is 11.6. The molecule has 0 saturated carbocycles. The van der Waals surface area contributed by atoms with E-state index in [0.717, 1.165) is 26.7 Å². The van der Waals surface area contributed by atoms with Crippen LogP contribution >= 0.6 is 22.7 Å². The van der Waals surface area contributed by atoms with Crippen LogP contribution in [-0.2, 0) is 4.79 Å². The largest absolute Gasteiger partial charge is 0.346 e. The Bertz CT molecular complexity index is 945. The molecule has 124 valence electrons. The van der Waals surface area contributed by atoms with Gasteiger partial charge >= 0.3 is 0 Å². The van der Waals surface area contributed by atoms with Crippen LogP contribution in [0.2, 0.25) is 0 Å². The monoisotopic (exact) mass is 361 g/mol. The molecule has 3 aromatic rings. The minimum absolute atomic E-state index is 0.0274. The van der Waals surface area contributed by atoms with Gasteiger partial charge in [0.1, 0.15) is 10.9 Å². The molecule has 1 unspecified atom stereocenters. The van der Waals surface area contributed by atoms with Crippen LogP contribution in [0.1, 0.15) is 18.8 Å². The van der Waals surface area contributed by atoms with E-state index in [0.29, 0.717) is 24.3 Å². The fourth-order valence-electron chi connectivity index (χ4n) is 3.07. The molecule has 1 saturated heterocycles. The molecule has 4 heterocycles. The molecule has 0 aromatic carbocycles. The minimum atomic E-state index is -0.104. The smallest absolute Gasteiger partial charge is 0.275 e. The second-order valence-electron chi connectivity index (χ2n) is 5.91. The predicted molar refractivity (Wildman–Crippen MR) is 95.7 cm³/mol. The van der Waals surface area contributed by atoms with E-state index in [4.69, 9.17) is 0 Å². The van der Waals surface area contributed by atoms with E-state index in [1.165, 1.54) is 11.3 Å². The second-order valence-corrected chi connectivity index (χ2v) is 7.72. The predicted octanol–water partition coefficient (Wildman–Crippen LogP) is 0.789. The molecule has 1 amide bonds. The Hall–Kier alpha value is -2.03. The molecule has 4 rings (SSSR count). The molecule has 1 aliphatic rings. The maximum atomic E-state index is 12.7. The lowest BCUT2D eigenvalue weighted by molar-refractivity contribution is -0.924. The fourth-order valence-corrected chi connectivity index (χ4v) is 4.84. The van der Waals surface area contributed by atoms with Gasteiger partial charge in [0.2, 0.25) is 0 Å². The first-order valence-corrected chi connectivity index (χ1v) is 9.56. The molecule has 0 bridgehead atoms. The van der Waals surface area contributed by atoms with Crippen molar-refractivity contribution in [2.75, 3.05) is 19.6 Å². The number of amides is 1. The van der Waals surface area contributed by atoms with Crippen LogP contribution in [0.25, 0.3) is 20.7 Å². The lowest BCUT2D eigenvalue weighted by Gasteiger charge is -2.28. The molecule has 1 fully saturated rings. The lowest BCUT2D eigenvalue weighted by Crippen LogP contribution is -3.15. The van der Waals surface area contributed by atoms with Gasteiger partial charge < -0.3 is 15.2 Å². The Labute approximate surface area is 146 Å². The molecule has 6 nitrogen and oxygen atoms in total. The van der Waals surface area contributed by atoms with Crippen molar-refractivity contribution >= 4 is 38.8 Å². The topological polar surface area (TPSA) is 79.3 Å². The van der Waals surface area contributed by atoms with Gasteiger partial charge in [0.15, 0.2) is 12.4 Å². The number of carbonyl (C=O) groups is 1. The van der Waals surface area contributed by atoms with E-state index in [1.54, 1.807) is 11.3 Å². The Morgan fingerprint density at radius 3 is 2.96 bits per heavy atom. The van der Waals surface area contributed by atoms with Crippen molar-refractivity contribution in [2.45, 2.75) is 13.0 Å². The molecule has 0 aliphatic carbocycles. The van der Waals surface area contributed by atoms with E-state index < -0.39 is 0 Å². The third-order valence-electron chi connectivity index (χ3n) is 4.43. The number of hydrogen-bond donors (Lipinski definition) is 3. The third-order valence-corrected chi connectivity index (χ3v) is 6.20. The number of hydrogen-bond acceptors (Lipinski definition) is 5. The number of rotatable bonds is 3. The van der Waals surface area contributed by atoms with E-state index in [9.17, 15) is 9.59 Å². The number of piperazine rings is 1. The van der Waals surface area contributed by atoms with Gasteiger partial charge in [-0.05, 0) is 18.4 Å². The van der Waals surface area contributed by atoms with E-state index >= 15 is 0 Å². The van der Waals surface area contributed by atoms with Gasteiger partial charge in [0.05, 0.1) is 18.5 Å². The van der Waals surface area contributed by atoms with Crippen LogP contribution in [0, 0.1) is 0 Å². The second kappa shape index (κ2) is 6.12. The van der Waals surface area contributed by atoms with Crippen LogP contribution in [0.3, 0.4) is 0 Å². The molecular formula is C16H17N4O2S2+. The van der Waals surface area contributed by atoms with Crippen LogP contribution in [0.4, 0.5) is 0 Å². The van der Waals surface area contributed by atoms with Crippen molar-refractivity contribution in [2.24, 2.45) is 0 Å². The molecule has 0 radical (unpaired) electrons. The van der Waals surface area contributed by atoms with Crippen molar-refractivity contribution < 1.29 is 9.69 Å². The van der Waals surface area contributed by atoms with Crippen LogP contribution in [0.15, 0.2) is 27.7 Å². The summed E-state index contributed by atoms with van der Waals surface area (Å²) in [4.78, 5) is 34.8. The molecule has 24 heavy (non-hydrogen) atoms. The van der Waals surface area contributed by atoms with Crippen molar-refractivity contribution in [3.63, 3.8) is 0 Å². The summed E-state index contributed by atoms with van der Waals surface area (Å²) in [6.07, 6.45) is 0. The highest BCUT2D eigenvalue weighted by Crippen LogP contribution is 2.33. The fraction of sp³-hybridized carbons (Fsp3) is 0.312. The Balaban J connectivity index is 1.73. The quantitative estimate of drug-likeness (QED) is 0.645. The van der Waals surface area contributed by atoms with Crippen molar-refractivity contribution in [1.29, 1.82) is 0 Å². The number of aromatic amines is 1. The molecule has 3 aromatic heterocycles. The van der Waals surface area contributed by atoms with Gasteiger partial charge in [-0.1, -0.05) is 6.07 Å². The van der Waals surface area contributed by atoms with Crippen molar-refractivity contribution in [1.82, 2.24) is 15.3 Å². The SMILES string of the molecule is C[C@H](c1nc2scc(-c3cccs3)c2c(=O)[nH]1)[NH+]1CCNC(=O)C1. The highest BCUT2D eigenvalue weighted by Gasteiger charge is 2.28. The van der Waals surface area contributed by atoms with Crippen LogP contribution in [-0.4, -0.2) is 35.5 Å². The maximum absolute atomic E-state index is 12.7. The summed E-state index contributed by atoms with van der Waals surface area (Å²) in [7, 11) is 0. The number of quaternary nitrogens is 1. The summed E-state index contributed by atoms with van der Waals surface area (Å²) in [6, 6.07) is 3.96. The average molecular weight is 361 g/mol. The third kappa shape index (κ3) is 2.66. The molecule has 1 aliphatic heterocycles. The number of fused-ring (bicyclic) bond motifs is 1. The average Bonchev–Trinajstić information content (AvgIpc) is 3.23. The van der Waals surface area contributed by atoms with E-state index in [1.807, 2.05) is 29.8 Å². The van der Waals surface area contributed by atoms with Crippen molar-refractivity contribution in [3.05, 3.63) is 39.1 Å². The number of thiophene rings is 2. The Morgan fingerprint density at radius 2 is 2.21 bits per heavy atom. The summed E-state index contributed by atoms with van der Waals surface area (Å²) < 4.78 is 0. The zero-order valence-corrected chi connectivity index (χ0v) is 14.7. The number of nitrogens with one attached hydrogen (secondary N) is 3. The number of carbonyl (C=O) groups excluding carboxylic acids is 1. The van der Waals surface area contributed by atoms with Crippen LogP contribution in [0.5, 0.6) is 0 Å². The normalized spacial score (nSPS) is 19.4. The van der Waals surface area contributed by atoms with Gasteiger partial charge in [0.25, 0.3) is 11.5 Å². The molecule has 3 N–H and O–H groups in total. The number of nitrogens with zero attached hydrogens (tertiary/aromatic N) is 1. The minimum Gasteiger partial charge on any atom is -0.346 e. The first kappa shape index (κ1) is 15.5. The summed E-state index contributed by atoms with van der Waals surface area (Å²) in [6.45, 7) is 3.91. The molecule has 8 heteroatoms. The zero-order chi connectivity index (χ0) is 16.7. The highest BCUT2D eigenvalue weighted by molar-refractivity contribution is 7.18. The van der Waals surface area contributed by atoms with Gasteiger partial charge in [-0.25, -0.2) is 4.98 Å². The van der Waals surface area contributed by atoms with E-state index in [2.05, 4.69) is 15.3 Å². The van der Waals surface area contributed by atoms with Gasteiger partial charge in [-0.15, -0.1) is 22.7 Å². The number of H-pyrrole nitrogens is 1. The highest BCUT2D eigenvalue weighted by atomic mass is 32.1. The van der Waals surface area contributed by atoms with Gasteiger partial charge in [-0.2, -0.15) is 0 Å². The summed E-state index contributed by atoms with van der Waals surface area (Å²) in [5.41, 5.74) is 0.843. The molecule has 0 spiro atoms. The lowest BCUT2D eigenvalue weighted by atomic mass is 10.2. The Morgan fingerprint density at radius 1 is 1.33 bits per heavy atom. The molecule has 2 atom stereocenters. The van der Waals surface area contributed by atoms with Gasteiger partial charge in [-0.3, -0.25) is 9.59 Å². The first-order valence-electron chi connectivity index (χ1n) is 7.80. The summed E-state index contributed by atoms with van der Waals surface area (Å²) >= 11 is 3.11. The van der Waals surface area contributed by atoms with Crippen molar-refractivity contribution in [3.8, 4) is 10.4 Å². The van der Waals surface area contributed by atoms with E-state index in [-0.39, 0.29) is 17.5 Å². The maximum Gasteiger partial charge on any atom is 0.275 e. The van der Waals surface area contributed by atoms with Gasteiger partial charge in [0, 0.05) is 15.8 Å².